The molecule has 4 heteroatoms. The van der Waals surface area contributed by atoms with E-state index in [1.54, 1.807) is 0 Å². The van der Waals surface area contributed by atoms with Crippen LogP contribution in [0.5, 0.6) is 0 Å². The first-order valence-corrected chi connectivity index (χ1v) is 9.26. The van der Waals surface area contributed by atoms with Crippen LogP contribution in [0, 0.1) is 0 Å². The molecule has 0 aliphatic heterocycles. The fourth-order valence-electron chi connectivity index (χ4n) is 3.00. The smallest absolute Gasteiger partial charge is 0.261 e. The Morgan fingerprint density at radius 3 is 2.54 bits per heavy atom. The van der Waals surface area contributed by atoms with Crippen molar-refractivity contribution in [2.75, 3.05) is 5.32 Å². The number of nitrogens with one attached hydrogen (secondary N) is 1. The number of carbonyl (C=O) groups excluding carboxylic acids is 1. The molecule has 3 aromatic carbocycles. The quantitative estimate of drug-likeness (QED) is 0.518. The number of aryl methyl sites for hydroxylation is 1. The van der Waals surface area contributed by atoms with E-state index in [0.717, 1.165) is 23.2 Å². The molecule has 1 heterocycles. The monoisotopic (exact) mass is 368 g/mol. The van der Waals surface area contributed by atoms with Gasteiger partial charge in [0.1, 0.15) is 11.1 Å². The first-order chi connectivity index (χ1) is 13.7. The predicted octanol–water partition coefficient (Wildman–Crippen LogP) is 5.48. The molecule has 1 amide bonds. The van der Waals surface area contributed by atoms with Crippen LogP contribution in [0.1, 0.15) is 22.8 Å². The van der Waals surface area contributed by atoms with Gasteiger partial charge in [-0.15, -0.1) is 0 Å². The Hall–Kier alpha value is -3.66. The predicted molar refractivity (Wildman–Crippen MR) is 112 cm³/mol. The van der Waals surface area contributed by atoms with Gasteiger partial charge in [0.25, 0.3) is 5.91 Å². The van der Waals surface area contributed by atoms with Gasteiger partial charge in [0, 0.05) is 11.1 Å². The van der Waals surface area contributed by atoms with E-state index in [9.17, 15) is 4.79 Å². The Balaban J connectivity index is 1.84. The lowest BCUT2D eigenvalue weighted by Gasteiger charge is -2.07. The van der Waals surface area contributed by atoms with Crippen LogP contribution >= 0.6 is 0 Å². The molecule has 0 saturated carbocycles. The highest BCUT2D eigenvalue weighted by Gasteiger charge is 2.13. The van der Waals surface area contributed by atoms with Crippen LogP contribution in [0.15, 0.2) is 94.3 Å². The largest absolute Gasteiger partial charge is 0.438 e. The van der Waals surface area contributed by atoms with Crippen LogP contribution in [0.3, 0.4) is 0 Å². The van der Waals surface area contributed by atoms with Gasteiger partial charge in [-0.25, -0.2) is 4.99 Å². The molecule has 4 aromatic rings. The minimum atomic E-state index is -0.258. The summed E-state index contributed by atoms with van der Waals surface area (Å²) in [5, 5.41) is 3.76. The van der Waals surface area contributed by atoms with Crippen molar-refractivity contribution < 1.29 is 9.21 Å². The Morgan fingerprint density at radius 1 is 0.929 bits per heavy atom. The highest BCUT2D eigenvalue weighted by molar-refractivity contribution is 6.05. The zero-order valence-electron chi connectivity index (χ0n) is 15.6. The van der Waals surface area contributed by atoms with E-state index in [0.29, 0.717) is 16.7 Å². The topological polar surface area (TPSA) is 54.6 Å². The Bertz CT molecular complexity index is 1190. The van der Waals surface area contributed by atoms with Gasteiger partial charge in [0.15, 0.2) is 0 Å². The van der Waals surface area contributed by atoms with E-state index < -0.39 is 0 Å². The van der Waals surface area contributed by atoms with Gasteiger partial charge in [-0.3, -0.25) is 4.79 Å². The number of rotatable bonds is 4. The van der Waals surface area contributed by atoms with Gasteiger partial charge < -0.3 is 9.73 Å². The molecule has 0 fully saturated rings. The highest BCUT2D eigenvalue weighted by atomic mass is 16.3. The van der Waals surface area contributed by atoms with E-state index in [4.69, 9.17) is 4.42 Å². The third kappa shape index (κ3) is 3.86. The number of amides is 1. The standard InChI is InChI=1S/C24H20N2O2/c1-2-17-9-8-13-20(15-17)26-24-21(16-18-10-6-7-14-22(18)28-24)23(27)25-19-11-4-3-5-12-19/h3-16H,2H2,1H3,(H,25,27). The molecule has 0 aliphatic carbocycles. The second kappa shape index (κ2) is 7.92. The van der Waals surface area contributed by atoms with E-state index in [1.807, 2.05) is 78.9 Å². The molecular weight excluding hydrogens is 348 g/mol. The number of benzene rings is 3. The van der Waals surface area contributed by atoms with Crippen LogP contribution in [-0.4, -0.2) is 5.91 Å². The SMILES string of the molecule is CCc1cccc(N=c2oc3ccccc3cc2C(=O)Nc2ccccc2)c1. The molecule has 138 valence electrons. The van der Waals surface area contributed by atoms with Gasteiger partial charge in [-0.05, 0) is 48.4 Å². The summed E-state index contributed by atoms with van der Waals surface area (Å²) in [6.45, 7) is 2.10. The van der Waals surface area contributed by atoms with Crippen molar-refractivity contribution in [3.63, 3.8) is 0 Å². The van der Waals surface area contributed by atoms with Crippen LogP contribution in [0.4, 0.5) is 11.4 Å². The summed E-state index contributed by atoms with van der Waals surface area (Å²) in [7, 11) is 0. The normalized spacial score (nSPS) is 11.5. The van der Waals surface area contributed by atoms with Crippen molar-refractivity contribution in [3.05, 3.63) is 102 Å². The molecule has 0 radical (unpaired) electrons. The summed E-state index contributed by atoms with van der Waals surface area (Å²) >= 11 is 0. The third-order valence-electron chi connectivity index (χ3n) is 4.48. The summed E-state index contributed by atoms with van der Waals surface area (Å²) in [6.07, 6.45) is 0.916. The second-order valence-corrected chi connectivity index (χ2v) is 6.46. The van der Waals surface area contributed by atoms with Gasteiger partial charge in [0.2, 0.25) is 5.55 Å². The molecule has 1 aromatic heterocycles. The first-order valence-electron chi connectivity index (χ1n) is 9.26. The van der Waals surface area contributed by atoms with Crippen molar-refractivity contribution in [2.24, 2.45) is 4.99 Å². The minimum absolute atomic E-state index is 0.258. The molecule has 0 atom stereocenters. The molecule has 4 rings (SSSR count). The second-order valence-electron chi connectivity index (χ2n) is 6.46. The summed E-state index contributed by atoms with van der Waals surface area (Å²) in [6, 6.07) is 26.7. The minimum Gasteiger partial charge on any atom is -0.438 e. The van der Waals surface area contributed by atoms with E-state index in [-0.39, 0.29) is 5.91 Å². The van der Waals surface area contributed by atoms with Crippen molar-refractivity contribution in [3.8, 4) is 0 Å². The summed E-state index contributed by atoms with van der Waals surface area (Å²) in [5.41, 5.74) is 4.03. The zero-order chi connectivity index (χ0) is 19.3. The highest BCUT2D eigenvalue weighted by Crippen LogP contribution is 2.17. The first kappa shape index (κ1) is 17.7. The van der Waals surface area contributed by atoms with Crippen LogP contribution in [-0.2, 0) is 6.42 Å². The third-order valence-corrected chi connectivity index (χ3v) is 4.48. The molecule has 0 bridgehead atoms. The van der Waals surface area contributed by atoms with Crippen molar-refractivity contribution >= 4 is 28.3 Å². The lowest BCUT2D eigenvalue weighted by molar-refractivity contribution is 0.102. The maximum absolute atomic E-state index is 13.0. The average Bonchev–Trinajstić information content (AvgIpc) is 2.74. The fourth-order valence-corrected chi connectivity index (χ4v) is 3.00. The molecule has 0 saturated heterocycles. The molecule has 1 N–H and O–H groups in total. The van der Waals surface area contributed by atoms with Crippen molar-refractivity contribution in [2.45, 2.75) is 13.3 Å². The fraction of sp³-hybridized carbons (Fsp3) is 0.0833. The van der Waals surface area contributed by atoms with E-state index >= 15 is 0 Å². The number of para-hydroxylation sites is 2. The Morgan fingerprint density at radius 2 is 1.71 bits per heavy atom. The number of nitrogens with zero attached hydrogens (tertiary/aromatic N) is 1. The van der Waals surface area contributed by atoms with Gasteiger partial charge >= 0.3 is 0 Å². The van der Waals surface area contributed by atoms with Crippen LogP contribution in [0.25, 0.3) is 11.0 Å². The van der Waals surface area contributed by atoms with Crippen LogP contribution in [0.2, 0.25) is 0 Å². The number of fused-ring (bicyclic) bond motifs is 1. The van der Waals surface area contributed by atoms with Crippen molar-refractivity contribution in [1.29, 1.82) is 0 Å². The summed E-state index contributed by atoms with van der Waals surface area (Å²) < 4.78 is 6.00. The average molecular weight is 368 g/mol. The van der Waals surface area contributed by atoms with Gasteiger partial charge in [0.05, 0.1) is 5.69 Å². The molecular formula is C24H20N2O2. The molecule has 0 unspecified atom stereocenters. The lowest BCUT2D eigenvalue weighted by Crippen LogP contribution is -2.21. The number of hydrogen-bond donors (Lipinski definition) is 1. The number of hydrogen-bond acceptors (Lipinski definition) is 3. The van der Waals surface area contributed by atoms with Gasteiger partial charge in [-0.2, -0.15) is 0 Å². The van der Waals surface area contributed by atoms with E-state index in [1.165, 1.54) is 5.56 Å². The summed E-state index contributed by atoms with van der Waals surface area (Å²) in [4.78, 5) is 17.6. The lowest BCUT2D eigenvalue weighted by atomic mass is 10.1. The number of anilines is 1. The maximum Gasteiger partial charge on any atom is 0.261 e. The summed E-state index contributed by atoms with van der Waals surface area (Å²) in [5.74, 6) is -0.258. The van der Waals surface area contributed by atoms with Crippen molar-refractivity contribution in [1.82, 2.24) is 0 Å². The molecule has 4 nitrogen and oxygen atoms in total. The molecule has 0 spiro atoms. The van der Waals surface area contributed by atoms with E-state index in [2.05, 4.69) is 23.3 Å². The molecule has 28 heavy (non-hydrogen) atoms. The number of carbonyl (C=O) groups is 1. The zero-order valence-corrected chi connectivity index (χ0v) is 15.6. The molecule has 0 aliphatic rings. The Labute approximate surface area is 163 Å². The van der Waals surface area contributed by atoms with Crippen LogP contribution < -0.4 is 10.9 Å². The maximum atomic E-state index is 13.0. The van der Waals surface area contributed by atoms with Gasteiger partial charge in [-0.1, -0.05) is 55.5 Å². The Kier molecular flexibility index (Phi) is 5.02.